The number of hydrogen-bond acceptors (Lipinski definition) is 6. The Kier molecular flexibility index (Phi) is 5.49. The molecule has 0 bridgehead atoms. The molecule has 1 atom stereocenters. The number of nitrogens with two attached hydrogens (primary N) is 1. The van der Waals surface area contributed by atoms with E-state index < -0.39 is 41.4 Å². The van der Waals surface area contributed by atoms with Crippen molar-refractivity contribution < 1.29 is 26.7 Å². The summed E-state index contributed by atoms with van der Waals surface area (Å²) in [6, 6.07) is 8.13. The third-order valence-electron chi connectivity index (χ3n) is 5.99. The normalized spacial score (nSPS) is 17.1. The number of rotatable bonds is 6. The van der Waals surface area contributed by atoms with Crippen molar-refractivity contribution >= 4 is 29.1 Å². The van der Waals surface area contributed by atoms with Gasteiger partial charge in [-0.3, -0.25) is 9.89 Å². The molecule has 1 saturated heterocycles. The van der Waals surface area contributed by atoms with Crippen LogP contribution in [-0.2, 0) is 17.5 Å². The zero-order valence-corrected chi connectivity index (χ0v) is 18.4. The fraction of sp³-hybridized carbons (Fsp3) is 0.217. The lowest BCUT2D eigenvalue weighted by atomic mass is 9.84. The molecule has 1 amide bonds. The van der Waals surface area contributed by atoms with Crippen molar-refractivity contribution in [3.8, 4) is 11.1 Å². The largest absolute Gasteiger partial charge is 0.418 e. The maximum atomic E-state index is 14.9. The van der Waals surface area contributed by atoms with E-state index in [1.807, 2.05) is 0 Å². The summed E-state index contributed by atoms with van der Waals surface area (Å²) in [5, 5.41) is 9.42. The minimum absolute atomic E-state index is 0.0190. The molecule has 1 aromatic carbocycles. The molecule has 4 heterocycles. The summed E-state index contributed by atoms with van der Waals surface area (Å²) in [4.78, 5) is 20.2. The van der Waals surface area contributed by atoms with Crippen molar-refractivity contribution in [2.24, 2.45) is 0 Å². The van der Waals surface area contributed by atoms with Gasteiger partial charge in [-0.2, -0.15) is 18.3 Å². The van der Waals surface area contributed by atoms with Crippen LogP contribution in [0.3, 0.4) is 0 Å². The van der Waals surface area contributed by atoms with Gasteiger partial charge in [0.1, 0.15) is 11.9 Å². The highest BCUT2D eigenvalue weighted by molar-refractivity contribution is 5.91. The SMILES string of the molecule is Nc1n[nH]c2ncc(-c3c(C(F)(F)F)cnc(NCc4ccccc4)c3C3N(C=O)CC3(F)F)cc12. The van der Waals surface area contributed by atoms with Crippen molar-refractivity contribution in [3.63, 3.8) is 0 Å². The fourth-order valence-electron chi connectivity index (χ4n) is 4.33. The molecule has 1 unspecified atom stereocenters. The summed E-state index contributed by atoms with van der Waals surface area (Å²) < 4.78 is 72.3. The maximum absolute atomic E-state index is 14.9. The molecule has 4 aromatic rings. The van der Waals surface area contributed by atoms with E-state index in [2.05, 4.69) is 25.5 Å². The Morgan fingerprint density at radius 1 is 1.19 bits per heavy atom. The van der Waals surface area contributed by atoms with Crippen LogP contribution in [0.25, 0.3) is 22.2 Å². The molecular formula is C23H18F5N7O. The molecule has 0 radical (unpaired) electrons. The van der Waals surface area contributed by atoms with Crippen LogP contribution in [-0.4, -0.2) is 43.9 Å². The Morgan fingerprint density at radius 2 is 1.94 bits per heavy atom. The Hall–Kier alpha value is -4.29. The molecule has 186 valence electrons. The smallest absolute Gasteiger partial charge is 0.382 e. The minimum atomic E-state index is -4.95. The Morgan fingerprint density at radius 3 is 2.61 bits per heavy atom. The van der Waals surface area contributed by atoms with Crippen LogP contribution in [0.1, 0.15) is 22.7 Å². The average molecular weight is 503 g/mol. The van der Waals surface area contributed by atoms with Gasteiger partial charge in [0.25, 0.3) is 5.92 Å². The van der Waals surface area contributed by atoms with Gasteiger partial charge in [-0.25, -0.2) is 18.7 Å². The highest BCUT2D eigenvalue weighted by Gasteiger charge is 2.57. The maximum Gasteiger partial charge on any atom is 0.418 e. The summed E-state index contributed by atoms with van der Waals surface area (Å²) in [6.07, 6.45) is -3.08. The molecular weight excluding hydrogens is 485 g/mol. The third-order valence-corrected chi connectivity index (χ3v) is 5.99. The van der Waals surface area contributed by atoms with E-state index in [4.69, 9.17) is 5.73 Å². The predicted octanol–water partition coefficient (Wildman–Crippen LogP) is 4.38. The molecule has 0 aliphatic carbocycles. The van der Waals surface area contributed by atoms with Crippen LogP contribution in [0.15, 0.2) is 48.8 Å². The van der Waals surface area contributed by atoms with Crippen molar-refractivity contribution in [1.82, 2.24) is 25.1 Å². The summed E-state index contributed by atoms with van der Waals surface area (Å²) in [5.41, 5.74) is 4.35. The molecule has 3 aromatic heterocycles. The van der Waals surface area contributed by atoms with Gasteiger partial charge in [-0.15, -0.1) is 0 Å². The number of carbonyl (C=O) groups is 1. The number of amides is 1. The lowest BCUT2D eigenvalue weighted by molar-refractivity contribution is -0.186. The number of alkyl halides is 5. The highest BCUT2D eigenvalue weighted by Crippen LogP contribution is 2.52. The molecule has 0 spiro atoms. The number of H-pyrrole nitrogens is 1. The Balaban J connectivity index is 1.76. The first-order valence-electron chi connectivity index (χ1n) is 10.7. The van der Waals surface area contributed by atoms with Gasteiger partial charge < -0.3 is 16.0 Å². The number of carbonyl (C=O) groups excluding carboxylic acids is 1. The molecule has 5 rings (SSSR count). The van der Waals surface area contributed by atoms with E-state index in [1.165, 1.54) is 6.07 Å². The predicted molar refractivity (Wildman–Crippen MR) is 121 cm³/mol. The van der Waals surface area contributed by atoms with E-state index in [9.17, 15) is 26.7 Å². The number of fused-ring (bicyclic) bond motifs is 1. The van der Waals surface area contributed by atoms with E-state index in [0.29, 0.717) is 6.20 Å². The number of aromatic amines is 1. The van der Waals surface area contributed by atoms with Gasteiger partial charge in [-0.1, -0.05) is 30.3 Å². The standard InChI is InChI=1S/C23H18F5N7O/c24-22(25)10-35(11-36)18(22)17-16(13-6-14-19(29)33-34-20(14)31-8-13)15(23(26,27)28)9-32-21(17)30-7-12-4-2-1-3-5-12/h1-6,8-9,11,18H,7,10H2,(H,30,32)(H3,29,31,33,34). The first-order valence-corrected chi connectivity index (χ1v) is 10.7. The first kappa shape index (κ1) is 23.5. The van der Waals surface area contributed by atoms with Gasteiger partial charge in [0.2, 0.25) is 6.41 Å². The van der Waals surface area contributed by atoms with Crippen molar-refractivity contribution in [2.45, 2.75) is 24.7 Å². The minimum Gasteiger partial charge on any atom is -0.382 e. The summed E-state index contributed by atoms with van der Waals surface area (Å²) in [6.45, 7) is -0.835. The molecule has 36 heavy (non-hydrogen) atoms. The zero-order valence-electron chi connectivity index (χ0n) is 18.4. The van der Waals surface area contributed by atoms with Crippen molar-refractivity contribution in [1.29, 1.82) is 0 Å². The summed E-state index contributed by atoms with van der Waals surface area (Å²) in [7, 11) is 0. The lowest BCUT2D eigenvalue weighted by Gasteiger charge is -2.46. The number of halogens is 5. The number of nitrogen functional groups attached to an aromatic ring is 1. The number of pyridine rings is 2. The molecule has 8 nitrogen and oxygen atoms in total. The Labute approximate surface area is 200 Å². The average Bonchev–Trinajstić information content (AvgIpc) is 3.21. The quantitative estimate of drug-likeness (QED) is 0.266. The van der Waals surface area contributed by atoms with Gasteiger partial charge >= 0.3 is 6.18 Å². The molecule has 1 aliphatic heterocycles. The van der Waals surface area contributed by atoms with Crippen LogP contribution in [0.2, 0.25) is 0 Å². The van der Waals surface area contributed by atoms with Gasteiger partial charge in [0.05, 0.1) is 17.5 Å². The van der Waals surface area contributed by atoms with Crippen LogP contribution >= 0.6 is 0 Å². The molecule has 1 fully saturated rings. The van der Waals surface area contributed by atoms with E-state index >= 15 is 0 Å². The van der Waals surface area contributed by atoms with Crippen molar-refractivity contribution in [2.75, 3.05) is 17.6 Å². The first-order chi connectivity index (χ1) is 17.1. The topological polar surface area (TPSA) is 113 Å². The summed E-state index contributed by atoms with van der Waals surface area (Å²) >= 11 is 0. The second-order valence-corrected chi connectivity index (χ2v) is 8.32. The van der Waals surface area contributed by atoms with E-state index in [0.717, 1.165) is 16.7 Å². The van der Waals surface area contributed by atoms with E-state index in [-0.39, 0.29) is 41.2 Å². The lowest BCUT2D eigenvalue weighted by Crippen LogP contribution is -2.58. The monoisotopic (exact) mass is 503 g/mol. The van der Waals surface area contributed by atoms with Crippen LogP contribution in [0.4, 0.5) is 33.6 Å². The number of benzene rings is 1. The Bertz CT molecular complexity index is 1440. The zero-order chi connectivity index (χ0) is 25.7. The number of nitrogens with one attached hydrogen (secondary N) is 2. The summed E-state index contributed by atoms with van der Waals surface area (Å²) in [5.74, 6) is -3.72. The number of aromatic nitrogens is 4. The van der Waals surface area contributed by atoms with Crippen LogP contribution in [0, 0.1) is 0 Å². The number of likely N-dealkylation sites (tertiary alicyclic amines) is 1. The van der Waals surface area contributed by atoms with Crippen LogP contribution in [0.5, 0.6) is 0 Å². The second-order valence-electron chi connectivity index (χ2n) is 8.32. The van der Waals surface area contributed by atoms with Crippen LogP contribution < -0.4 is 11.1 Å². The van der Waals surface area contributed by atoms with Crippen molar-refractivity contribution in [3.05, 3.63) is 65.5 Å². The molecule has 0 saturated carbocycles. The fourth-order valence-corrected chi connectivity index (χ4v) is 4.33. The highest BCUT2D eigenvalue weighted by atomic mass is 19.4. The van der Waals surface area contributed by atoms with Gasteiger partial charge in [0, 0.05) is 35.6 Å². The van der Waals surface area contributed by atoms with Gasteiger partial charge in [-0.05, 0) is 11.6 Å². The number of anilines is 2. The molecule has 13 heteroatoms. The molecule has 1 aliphatic rings. The van der Waals surface area contributed by atoms with Gasteiger partial charge in [0.15, 0.2) is 11.5 Å². The number of nitrogens with zero attached hydrogens (tertiary/aromatic N) is 4. The number of hydrogen-bond donors (Lipinski definition) is 3. The molecule has 4 N–H and O–H groups in total. The second kappa shape index (κ2) is 8.43. The van der Waals surface area contributed by atoms with E-state index in [1.54, 1.807) is 30.3 Å². The third kappa shape index (κ3) is 3.95.